The molecule has 1 saturated heterocycles. The van der Waals surface area contributed by atoms with E-state index in [1.165, 1.54) is 0 Å². The van der Waals surface area contributed by atoms with Gasteiger partial charge in [0.1, 0.15) is 23.9 Å². The fraction of sp³-hybridized carbons (Fsp3) is 0.360. The second-order valence-corrected chi connectivity index (χ2v) is 8.18. The summed E-state index contributed by atoms with van der Waals surface area (Å²) < 4.78 is 13.1. The Morgan fingerprint density at radius 2 is 1.79 bits per heavy atom. The Balaban J connectivity index is 1.29. The lowest BCUT2D eigenvalue weighted by molar-refractivity contribution is 0.104. The molecular formula is C25H31N5O3. The Labute approximate surface area is 194 Å². The molecule has 2 heterocycles. The van der Waals surface area contributed by atoms with Gasteiger partial charge in [-0.2, -0.15) is 5.10 Å². The Morgan fingerprint density at radius 1 is 1.06 bits per heavy atom. The summed E-state index contributed by atoms with van der Waals surface area (Å²) in [4.78, 5) is 15.0. The molecule has 1 fully saturated rings. The molecule has 1 aliphatic rings. The molecule has 1 aromatic heterocycles. The molecule has 1 unspecified atom stereocenters. The van der Waals surface area contributed by atoms with Gasteiger partial charge in [-0.3, -0.25) is 10.2 Å². The van der Waals surface area contributed by atoms with Crippen LogP contribution in [0.4, 0.5) is 16.3 Å². The highest BCUT2D eigenvalue weighted by atomic mass is 16.5. The smallest absolute Gasteiger partial charge is 0.324 e. The van der Waals surface area contributed by atoms with Crippen molar-refractivity contribution < 1.29 is 14.3 Å². The molecule has 0 saturated carbocycles. The van der Waals surface area contributed by atoms with Crippen LogP contribution in [-0.2, 0) is 0 Å². The summed E-state index contributed by atoms with van der Waals surface area (Å²) in [5.41, 5.74) is 0.614. The van der Waals surface area contributed by atoms with Crippen molar-refractivity contribution in [3.8, 4) is 11.5 Å². The van der Waals surface area contributed by atoms with E-state index in [2.05, 4.69) is 27.6 Å². The molecule has 2 amide bonds. The van der Waals surface area contributed by atoms with Crippen molar-refractivity contribution in [3.05, 3.63) is 66.9 Å². The number of likely N-dealkylation sites (tertiary alicyclic amines) is 1. The van der Waals surface area contributed by atoms with Crippen LogP contribution >= 0.6 is 0 Å². The Hall–Kier alpha value is -3.52. The number of nitrogens with one attached hydrogen (secondary N) is 2. The minimum atomic E-state index is -0.328. The third-order valence-corrected chi connectivity index (χ3v) is 5.97. The van der Waals surface area contributed by atoms with Crippen LogP contribution in [0, 0.1) is 0 Å². The lowest BCUT2D eigenvalue weighted by atomic mass is 10.0. The molecule has 0 radical (unpaired) electrons. The molecule has 1 atom stereocenters. The van der Waals surface area contributed by atoms with Gasteiger partial charge in [-0.1, -0.05) is 30.3 Å². The molecule has 2 N–H and O–H groups in total. The Bertz CT molecular complexity index is 1030. The summed E-state index contributed by atoms with van der Waals surface area (Å²) in [6, 6.07) is 19.3. The second kappa shape index (κ2) is 10.9. The molecule has 0 aliphatic carbocycles. The fourth-order valence-electron chi connectivity index (χ4n) is 4.13. The van der Waals surface area contributed by atoms with Crippen LogP contribution in [0.5, 0.6) is 11.5 Å². The number of hydrogen-bond donors (Lipinski definition) is 2. The van der Waals surface area contributed by atoms with Crippen molar-refractivity contribution in [1.29, 1.82) is 0 Å². The Morgan fingerprint density at radius 3 is 2.55 bits per heavy atom. The maximum Gasteiger partial charge on any atom is 0.324 e. The molecule has 0 spiro atoms. The average Bonchev–Trinajstić information content (AvgIpc) is 3.31. The molecule has 1 aliphatic heterocycles. The van der Waals surface area contributed by atoms with E-state index < -0.39 is 0 Å². The maximum atomic E-state index is 12.6. The SMILES string of the molecule is COc1ccccc1NC(=O)Nc1ccnn1C1CCN(C(C)COc2ccccc2)CC1. The predicted octanol–water partition coefficient (Wildman–Crippen LogP) is 4.64. The number of para-hydroxylation sites is 3. The number of hydrogen-bond acceptors (Lipinski definition) is 5. The van der Waals surface area contributed by atoms with E-state index in [1.54, 1.807) is 25.4 Å². The minimum Gasteiger partial charge on any atom is -0.495 e. The predicted molar refractivity (Wildman–Crippen MR) is 129 cm³/mol. The summed E-state index contributed by atoms with van der Waals surface area (Å²) >= 11 is 0. The van der Waals surface area contributed by atoms with Crippen LogP contribution in [0.25, 0.3) is 0 Å². The largest absolute Gasteiger partial charge is 0.495 e. The maximum absolute atomic E-state index is 12.6. The number of carbonyl (C=O) groups excluding carboxylic acids is 1. The van der Waals surface area contributed by atoms with Crippen LogP contribution in [-0.4, -0.2) is 53.6 Å². The minimum absolute atomic E-state index is 0.236. The molecule has 4 rings (SSSR count). The molecule has 8 heteroatoms. The van der Waals surface area contributed by atoms with Gasteiger partial charge in [0.05, 0.1) is 25.0 Å². The van der Waals surface area contributed by atoms with Crippen molar-refractivity contribution >= 4 is 17.5 Å². The van der Waals surface area contributed by atoms with Gasteiger partial charge >= 0.3 is 6.03 Å². The van der Waals surface area contributed by atoms with Crippen molar-refractivity contribution in [1.82, 2.24) is 14.7 Å². The average molecular weight is 450 g/mol. The summed E-state index contributed by atoms with van der Waals surface area (Å²) in [6.45, 7) is 4.77. The molecule has 2 aromatic carbocycles. The number of methoxy groups -OCH3 is 1. The number of piperidine rings is 1. The molecular weight excluding hydrogens is 418 g/mol. The highest BCUT2D eigenvalue weighted by molar-refractivity contribution is 6.00. The van der Waals surface area contributed by atoms with E-state index in [4.69, 9.17) is 9.47 Å². The number of rotatable bonds is 8. The van der Waals surface area contributed by atoms with Crippen LogP contribution in [0.1, 0.15) is 25.8 Å². The van der Waals surface area contributed by atoms with E-state index in [9.17, 15) is 4.79 Å². The number of amides is 2. The van der Waals surface area contributed by atoms with Crippen LogP contribution in [0.3, 0.4) is 0 Å². The normalized spacial score (nSPS) is 15.6. The first-order valence-electron chi connectivity index (χ1n) is 11.3. The van der Waals surface area contributed by atoms with E-state index in [1.807, 2.05) is 53.2 Å². The summed E-state index contributed by atoms with van der Waals surface area (Å²) in [5, 5.41) is 10.2. The first-order valence-corrected chi connectivity index (χ1v) is 11.3. The van der Waals surface area contributed by atoms with E-state index in [-0.39, 0.29) is 12.1 Å². The van der Waals surface area contributed by atoms with Gasteiger partial charge in [0.25, 0.3) is 0 Å². The fourth-order valence-corrected chi connectivity index (χ4v) is 4.13. The Kier molecular flexibility index (Phi) is 7.47. The zero-order valence-electron chi connectivity index (χ0n) is 19.1. The van der Waals surface area contributed by atoms with Crippen molar-refractivity contribution in [2.75, 3.05) is 37.4 Å². The summed E-state index contributed by atoms with van der Waals surface area (Å²) in [7, 11) is 1.58. The van der Waals surface area contributed by atoms with Crippen LogP contribution in [0.15, 0.2) is 66.9 Å². The number of anilines is 2. The molecule has 33 heavy (non-hydrogen) atoms. The van der Waals surface area contributed by atoms with Gasteiger partial charge in [-0.25, -0.2) is 9.48 Å². The number of ether oxygens (including phenoxy) is 2. The summed E-state index contributed by atoms with van der Waals surface area (Å²) in [5.74, 6) is 2.19. The highest BCUT2D eigenvalue weighted by Gasteiger charge is 2.26. The quantitative estimate of drug-likeness (QED) is 0.524. The third kappa shape index (κ3) is 5.84. The highest BCUT2D eigenvalue weighted by Crippen LogP contribution is 2.27. The van der Waals surface area contributed by atoms with Gasteiger partial charge < -0.3 is 14.8 Å². The van der Waals surface area contributed by atoms with Crippen LogP contribution < -0.4 is 20.1 Å². The first kappa shape index (κ1) is 22.7. The number of urea groups is 1. The standard InChI is InChI=1S/C25H31N5O3/c1-19(18-33-21-8-4-3-5-9-21)29-16-13-20(14-17-29)30-24(12-15-26-30)28-25(31)27-22-10-6-7-11-23(22)32-2/h3-12,15,19-20H,13-14,16-18H2,1-2H3,(H2,27,28,31). The third-order valence-electron chi connectivity index (χ3n) is 5.97. The number of nitrogens with zero attached hydrogens (tertiary/aromatic N) is 3. The number of benzene rings is 2. The molecule has 3 aromatic rings. The number of carbonyl (C=O) groups is 1. The topological polar surface area (TPSA) is 80.7 Å². The van der Waals surface area contributed by atoms with E-state index in [0.717, 1.165) is 31.7 Å². The van der Waals surface area contributed by atoms with Gasteiger partial charge in [0, 0.05) is 25.2 Å². The lowest BCUT2D eigenvalue weighted by Crippen LogP contribution is -2.43. The van der Waals surface area contributed by atoms with Gasteiger partial charge in [0.2, 0.25) is 0 Å². The van der Waals surface area contributed by atoms with Gasteiger partial charge in [-0.15, -0.1) is 0 Å². The zero-order chi connectivity index (χ0) is 23.0. The molecule has 8 nitrogen and oxygen atoms in total. The lowest BCUT2D eigenvalue weighted by Gasteiger charge is -2.36. The van der Waals surface area contributed by atoms with Crippen LogP contribution in [0.2, 0.25) is 0 Å². The van der Waals surface area contributed by atoms with Gasteiger partial charge in [0.15, 0.2) is 0 Å². The monoisotopic (exact) mass is 449 g/mol. The summed E-state index contributed by atoms with van der Waals surface area (Å²) in [6.07, 6.45) is 3.64. The first-order chi connectivity index (χ1) is 16.1. The van der Waals surface area contributed by atoms with Crippen molar-refractivity contribution in [2.45, 2.75) is 31.8 Å². The van der Waals surface area contributed by atoms with E-state index in [0.29, 0.717) is 29.9 Å². The van der Waals surface area contributed by atoms with Crippen molar-refractivity contribution in [2.24, 2.45) is 0 Å². The number of aromatic nitrogens is 2. The van der Waals surface area contributed by atoms with Gasteiger partial charge in [-0.05, 0) is 44.0 Å². The zero-order valence-corrected chi connectivity index (χ0v) is 19.1. The molecule has 174 valence electrons. The second-order valence-electron chi connectivity index (χ2n) is 8.18. The van der Waals surface area contributed by atoms with E-state index >= 15 is 0 Å². The molecule has 0 bridgehead atoms. The van der Waals surface area contributed by atoms with Crippen molar-refractivity contribution in [3.63, 3.8) is 0 Å².